The molecule has 0 aliphatic rings. The number of pyridine rings is 1. The van der Waals surface area contributed by atoms with Crippen LogP contribution in [-0.2, 0) is 0 Å². The molecule has 5 aromatic rings. The third-order valence-electron chi connectivity index (χ3n) is 5.24. The third-order valence-corrected chi connectivity index (χ3v) is 6.06. The Morgan fingerprint density at radius 3 is 2.45 bits per heavy atom. The summed E-state index contributed by atoms with van der Waals surface area (Å²) in [5.41, 5.74) is 7.10. The lowest BCUT2D eigenvalue weighted by molar-refractivity contribution is 0.847. The van der Waals surface area contributed by atoms with E-state index >= 15 is 0 Å². The Labute approximate surface area is 195 Å². The van der Waals surface area contributed by atoms with Gasteiger partial charge in [-0.1, -0.05) is 42.0 Å². The predicted molar refractivity (Wildman–Crippen MR) is 133 cm³/mol. The molecule has 3 heterocycles. The molecule has 33 heavy (non-hydrogen) atoms. The van der Waals surface area contributed by atoms with Crippen LogP contribution in [-0.4, -0.2) is 24.9 Å². The Balaban J connectivity index is 1.59. The Kier molecular flexibility index (Phi) is 5.78. The Morgan fingerprint density at radius 1 is 0.939 bits per heavy atom. The maximum Gasteiger partial charge on any atom is 0.211 e. The van der Waals surface area contributed by atoms with Gasteiger partial charge in [-0.3, -0.25) is 4.98 Å². The summed E-state index contributed by atoms with van der Waals surface area (Å²) in [6.07, 6.45) is 8.98. The van der Waals surface area contributed by atoms with Crippen LogP contribution in [0.4, 0.5) is 5.69 Å². The van der Waals surface area contributed by atoms with Crippen molar-refractivity contribution in [2.45, 2.75) is 13.8 Å². The average molecular weight is 451 g/mol. The number of aromatic nitrogens is 4. The molecule has 0 spiro atoms. The highest BCUT2D eigenvalue weighted by molar-refractivity contribution is 7.07. The van der Waals surface area contributed by atoms with E-state index in [1.165, 1.54) is 5.56 Å². The van der Waals surface area contributed by atoms with Crippen molar-refractivity contribution in [2.75, 3.05) is 0 Å². The predicted octanol–water partition coefficient (Wildman–Crippen LogP) is 5.61. The van der Waals surface area contributed by atoms with E-state index in [4.69, 9.17) is 10.1 Å². The van der Waals surface area contributed by atoms with E-state index in [1.807, 2.05) is 34.5 Å². The second kappa shape index (κ2) is 9.18. The van der Waals surface area contributed by atoms with Gasteiger partial charge < -0.3 is 4.57 Å². The Morgan fingerprint density at radius 2 is 1.76 bits per heavy atom. The first-order valence-corrected chi connectivity index (χ1v) is 11.4. The molecule has 0 fully saturated rings. The molecule has 3 aromatic heterocycles. The molecular formula is C26H22N6S. The highest BCUT2D eigenvalue weighted by atomic mass is 32.1. The molecule has 0 aliphatic carbocycles. The number of hydrogen-bond donors (Lipinski definition) is 0. The fraction of sp³-hybridized carbons (Fsp3) is 0.0769. The zero-order valence-corrected chi connectivity index (χ0v) is 19.1. The molecule has 0 saturated carbocycles. The van der Waals surface area contributed by atoms with Crippen LogP contribution in [0.15, 0.2) is 107 Å². The van der Waals surface area contributed by atoms with Gasteiger partial charge in [0.1, 0.15) is 0 Å². The minimum Gasteiger partial charge on any atom is -0.306 e. The van der Waals surface area contributed by atoms with Crippen molar-refractivity contribution in [1.82, 2.24) is 19.2 Å². The number of benzene rings is 2. The topological polar surface area (TPSA) is 60.4 Å². The van der Waals surface area contributed by atoms with Crippen molar-refractivity contribution in [3.05, 3.63) is 113 Å². The van der Waals surface area contributed by atoms with Crippen molar-refractivity contribution < 1.29 is 0 Å². The minimum atomic E-state index is 0.785. The fourth-order valence-corrected chi connectivity index (χ4v) is 4.27. The molecule has 0 unspecified atom stereocenters. The summed E-state index contributed by atoms with van der Waals surface area (Å²) in [5, 5.41) is 7.08. The van der Waals surface area contributed by atoms with E-state index in [2.05, 4.69) is 70.8 Å². The van der Waals surface area contributed by atoms with Gasteiger partial charge in [-0.15, -0.1) is 11.3 Å². The fourth-order valence-electron chi connectivity index (χ4n) is 3.42. The summed E-state index contributed by atoms with van der Waals surface area (Å²) in [6.45, 7) is 4.11. The van der Waals surface area contributed by atoms with Crippen molar-refractivity contribution in [3.8, 4) is 16.9 Å². The third kappa shape index (κ3) is 4.58. The zero-order chi connectivity index (χ0) is 22.6. The van der Waals surface area contributed by atoms with Crippen molar-refractivity contribution >= 4 is 22.7 Å². The van der Waals surface area contributed by atoms with Gasteiger partial charge >= 0.3 is 0 Å². The van der Waals surface area contributed by atoms with Crippen LogP contribution < -0.4 is 4.80 Å². The molecule has 0 aliphatic heterocycles. The van der Waals surface area contributed by atoms with Gasteiger partial charge in [0.15, 0.2) is 0 Å². The zero-order valence-electron chi connectivity index (χ0n) is 18.3. The number of aryl methyl sites for hydroxylation is 1. The first kappa shape index (κ1) is 20.8. The molecule has 0 amide bonds. The number of nitrogens with zero attached hydrogens (tertiary/aromatic N) is 6. The van der Waals surface area contributed by atoms with Gasteiger partial charge in [-0.05, 0) is 43.7 Å². The van der Waals surface area contributed by atoms with E-state index in [-0.39, 0.29) is 0 Å². The second-order valence-electron chi connectivity index (χ2n) is 7.61. The highest BCUT2D eigenvalue weighted by Gasteiger charge is 2.09. The van der Waals surface area contributed by atoms with E-state index < -0.39 is 0 Å². The number of hydrogen-bond acceptors (Lipinski definition) is 5. The monoisotopic (exact) mass is 450 g/mol. The molecule has 162 valence electrons. The Bertz CT molecular complexity index is 1440. The van der Waals surface area contributed by atoms with Gasteiger partial charge in [-0.25, -0.2) is 14.7 Å². The summed E-state index contributed by atoms with van der Waals surface area (Å²) in [4.78, 5) is 13.9. The molecule has 0 saturated heterocycles. The van der Waals surface area contributed by atoms with E-state index in [1.54, 1.807) is 36.3 Å². The largest absolute Gasteiger partial charge is 0.306 e. The second-order valence-corrected chi connectivity index (χ2v) is 8.44. The smallest absolute Gasteiger partial charge is 0.211 e. The lowest BCUT2D eigenvalue weighted by Gasteiger charge is -2.08. The van der Waals surface area contributed by atoms with E-state index in [0.717, 1.165) is 38.7 Å². The Hall–Kier alpha value is -4.10. The van der Waals surface area contributed by atoms with Crippen molar-refractivity contribution in [1.29, 1.82) is 0 Å². The number of rotatable bonds is 5. The first-order chi connectivity index (χ1) is 16.2. The van der Waals surface area contributed by atoms with Crippen LogP contribution in [0.25, 0.3) is 16.9 Å². The van der Waals surface area contributed by atoms with Crippen LogP contribution in [0, 0.1) is 6.92 Å². The maximum absolute atomic E-state index is 4.99. The van der Waals surface area contributed by atoms with Crippen LogP contribution in [0.1, 0.15) is 18.1 Å². The standard InChI is InChI=1S/C26H22N6S/c1-19-5-7-22(8-6-19)25-17-33-26(29-23-4-3-13-27-16-23)32(25)30-20(2)21-9-11-24(12-10-21)31-15-14-28-18-31/h3-18H,1-2H3. The number of imidazole rings is 1. The molecule has 0 bridgehead atoms. The van der Waals surface area contributed by atoms with Crippen molar-refractivity contribution in [2.24, 2.45) is 10.1 Å². The quantitative estimate of drug-likeness (QED) is 0.327. The first-order valence-electron chi connectivity index (χ1n) is 10.5. The summed E-state index contributed by atoms with van der Waals surface area (Å²) in [7, 11) is 0. The average Bonchev–Trinajstić information content (AvgIpc) is 3.52. The minimum absolute atomic E-state index is 0.785. The SMILES string of the molecule is CC(=Nn1c(-c2ccc(C)cc2)csc1=Nc1cccnc1)c1ccc(-n2ccnc2)cc1. The molecule has 6 nitrogen and oxygen atoms in total. The van der Waals surface area contributed by atoms with Gasteiger partial charge in [0.25, 0.3) is 0 Å². The lowest BCUT2D eigenvalue weighted by Crippen LogP contribution is -2.13. The van der Waals surface area contributed by atoms with E-state index in [9.17, 15) is 0 Å². The summed E-state index contributed by atoms with van der Waals surface area (Å²) >= 11 is 1.56. The highest BCUT2D eigenvalue weighted by Crippen LogP contribution is 2.22. The van der Waals surface area contributed by atoms with Gasteiger partial charge in [0, 0.05) is 35.2 Å². The van der Waals surface area contributed by atoms with Crippen LogP contribution in [0.2, 0.25) is 0 Å². The summed E-state index contributed by atoms with van der Waals surface area (Å²) in [6, 6.07) is 20.6. The van der Waals surface area contributed by atoms with Crippen LogP contribution in [0.3, 0.4) is 0 Å². The molecule has 7 heteroatoms. The molecule has 0 N–H and O–H groups in total. The summed E-state index contributed by atoms with van der Waals surface area (Å²) < 4.78 is 3.89. The molecule has 5 rings (SSSR count). The summed E-state index contributed by atoms with van der Waals surface area (Å²) in [5.74, 6) is 0. The number of thiazole rings is 1. The van der Waals surface area contributed by atoms with Gasteiger partial charge in [0.05, 0.1) is 29.6 Å². The van der Waals surface area contributed by atoms with Crippen LogP contribution >= 0.6 is 11.3 Å². The molecular weight excluding hydrogens is 428 g/mol. The van der Waals surface area contributed by atoms with E-state index in [0.29, 0.717) is 0 Å². The van der Waals surface area contributed by atoms with Crippen molar-refractivity contribution in [3.63, 3.8) is 0 Å². The normalized spacial score (nSPS) is 12.3. The lowest BCUT2D eigenvalue weighted by atomic mass is 10.1. The van der Waals surface area contributed by atoms with Gasteiger partial charge in [0.2, 0.25) is 4.80 Å². The van der Waals surface area contributed by atoms with Crippen LogP contribution in [0.5, 0.6) is 0 Å². The molecule has 0 atom stereocenters. The molecule has 0 radical (unpaired) electrons. The molecule has 2 aromatic carbocycles. The van der Waals surface area contributed by atoms with Gasteiger partial charge in [-0.2, -0.15) is 5.10 Å². The maximum atomic E-state index is 4.99.